The molecule has 0 saturated carbocycles. The minimum Gasteiger partial charge on any atom is -0.493 e. The Kier molecular flexibility index (Phi) is 7.94. The summed E-state index contributed by atoms with van der Waals surface area (Å²) in [6, 6.07) is 15.2. The summed E-state index contributed by atoms with van der Waals surface area (Å²) < 4.78 is 5.59. The zero-order valence-electron chi connectivity index (χ0n) is 18.0. The van der Waals surface area contributed by atoms with Crippen LogP contribution in [-0.2, 0) is 25.9 Å². The summed E-state index contributed by atoms with van der Waals surface area (Å²) in [5.74, 6) is 1.91. The Bertz CT molecular complexity index is 818. The van der Waals surface area contributed by atoms with Crippen LogP contribution in [0.4, 0.5) is 0 Å². The molecule has 3 rings (SSSR count). The molecule has 0 amide bonds. The molecule has 0 spiro atoms. The van der Waals surface area contributed by atoms with Gasteiger partial charge in [-0.05, 0) is 55.3 Å². The predicted molar refractivity (Wildman–Crippen MR) is 121 cm³/mol. The van der Waals surface area contributed by atoms with Gasteiger partial charge < -0.3 is 20.3 Å². The zero-order chi connectivity index (χ0) is 20.5. The van der Waals surface area contributed by atoms with Crippen LogP contribution >= 0.6 is 0 Å². The summed E-state index contributed by atoms with van der Waals surface area (Å²) in [6.45, 7) is 9.49. The van der Waals surface area contributed by atoms with Gasteiger partial charge in [-0.3, -0.25) is 0 Å². The molecule has 0 saturated heterocycles. The van der Waals surface area contributed by atoms with Crippen LogP contribution in [0.2, 0.25) is 0 Å². The average Bonchev–Trinajstić information content (AvgIpc) is 3.20. The van der Waals surface area contributed by atoms with Crippen LogP contribution in [0.1, 0.15) is 36.1 Å². The number of ether oxygens (including phenoxy) is 1. The lowest BCUT2D eigenvalue weighted by Gasteiger charge is -2.14. The number of aliphatic imine (C=N–C) groups is 1. The first-order valence-corrected chi connectivity index (χ1v) is 10.7. The SMILES string of the molecule is CCNC(=NCc1cccc(CN(C)CC)c1)NCCc1ccc2c(c1)CCO2. The van der Waals surface area contributed by atoms with Gasteiger partial charge in [0.1, 0.15) is 5.75 Å². The first-order chi connectivity index (χ1) is 14.2. The molecule has 1 heterocycles. The summed E-state index contributed by atoms with van der Waals surface area (Å²) in [6.07, 6.45) is 1.99. The molecule has 0 aromatic heterocycles. The van der Waals surface area contributed by atoms with E-state index in [9.17, 15) is 0 Å². The van der Waals surface area contributed by atoms with Crippen LogP contribution in [0.15, 0.2) is 47.5 Å². The van der Waals surface area contributed by atoms with Gasteiger partial charge >= 0.3 is 0 Å². The molecule has 2 aromatic rings. The molecule has 2 N–H and O–H groups in total. The van der Waals surface area contributed by atoms with E-state index >= 15 is 0 Å². The normalized spacial score (nSPS) is 13.3. The molecule has 1 aliphatic rings. The van der Waals surface area contributed by atoms with E-state index in [-0.39, 0.29) is 0 Å². The second-order valence-corrected chi connectivity index (χ2v) is 7.56. The van der Waals surface area contributed by atoms with E-state index in [4.69, 9.17) is 9.73 Å². The Morgan fingerprint density at radius 2 is 1.93 bits per heavy atom. The van der Waals surface area contributed by atoms with Crippen LogP contribution in [0, 0.1) is 0 Å². The molecule has 5 heteroatoms. The van der Waals surface area contributed by atoms with E-state index in [0.717, 1.165) is 57.3 Å². The highest BCUT2D eigenvalue weighted by Crippen LogP contribution is 2.25. The van der Waals surface area contributed by atoms with Gasteiger partial charge in [0.15, 0.2) is 5.96 Å². The first-order valence-electron chi connectivity index (χ1n) is 10.7. The van der Waals surface area contributed by atoms with Gasteiger partial charge in [-0.25, -0.2) is 4.99 Å². The molecule has 0 fully saturated rings. The van der Waals surface area contributed by atoms with Crippen molar-refractivity contribution in [3.63, 3.8) is 0 Å². The van der Waals surface area contributed by atoms with Gasteiger partial charge in [0.2, 0.25) is 0 Å². The smallest absolute Gasteiger partial charge is 0.191 e. The highest BCUT2D eigenvalue weighted by Gasteiger charge is 2.11. The van der Waals surface area contributed by atoms with Crippen LogP contribution in [0.3, 0.4) is 0 Å². The Balaban J connectivity index is 1.53. The molecule has 1 aliphatic heterocycles. The van der Waals surface area contributed by atoms with Crippen LogP contribution in [0.25, 0.3) is 0 Å². The van der Waals surface area contributed by atoms with Crippen molar-refractivity contribution in [2.75, 3.05) is 33.3 Å². The minimum absolute atomic E-state index is 0.676. The number of fused-ring (bicyclic) bond motifs is 1. The van der Waals surface area contributed by atoms with E-state index < -0.39 is 0 Å². The number of rotatable bonds is 9. The lowest BCUT2D eigenvalue weighted by atomic mass is 10.1. The average molecular weight is 395 g/mol. The Labute approximate surface area is 175 Å². The molecule has 0 atom stereocenters. The second kappa shape index (κ2) is 10.9. The third-order valence-corrected chi connectivity index (χ3v) is 5.21. The fourth-order valence-corrected chi connectivity index (χ4v) is 3.48. The quantitative estimate of drug-likeness (QED) is 0.506. The maximum atomic E-state index is 5.59. The second-order valence-electron chi connectivity index (χ2n) is 7.56. The van der Waals surface area contributed by atoms with Gasteiger partial charge in [-0.2, -0.15) is 0 Å². The molecule has 0 bridgehead atoms. The standard InChI is InChI=1S/C24H34N4O/c1-4-25-24(26-13-11-19-9-10-23-22(16-19)12-14-29-23)27-17-20-7-6-8-21(15-20)18-28(3)5-2/h6-10,15-16H,4-5,11-14,17-18H2,1-3H3,(H2,25,26,27). The van der Waals surface area contributed by atoms with E-state index in [1.807, 2.05) is 0 Å². The topological polar surface area (TPSA) is 48.9 Å². The molecule has 0 radical (unpaired) electrons. The monoisotopic (exact) mass is 394 g/mol. The first kappa shape index (κ1) is 21.2. The number of hydrogen-bond acceptors (Lipinski definition) is 3. The number of guanidine groups is 1. The van der Waals surface area contributed by atoms with E-state index in [0.29, 0.717) is 6.54 Å². The molecular weight excluding hydrogens is 360 g/mol. The molecule has 5 nitrogen and oxygen atoms in total. The Morgan fingerprint density at radius 3 is 2.76 bits per heavy atom. The Hall–Kier alpha value is -2.53. The van der Waals surface area contributed by atoms with E-state index in [1.165, 1.54) is 22.3 Å². The molecule has 29 heavy (non-hydrogen) atoms. The van der Waals surface area contributed by atoms with Crippen molar-refractivity contribution < 1.29 is 4.74 Å². The number of hydrogen-bond donors (Lipinski definition) is 2. The van der Waals surface area contributed by atoms with Crippen molar-refractivity contribution >= 4 is 5.96 Å². The van der Waals surface area contributed by atoms with Gasteiger partial charge in [-0.15, -0.1) is 0 Å². The summed E-state index contributed by atoms with van der Waals surface area (Å²) in [4.78, 5) is 7.08. The maximum Gasteiger partial charge on any atom is 0.191 e. The maximum absolute atomic E-state index is 5.59. The number of benzene rings is 2. The fraction of sp³-hybridized carbons (Fsp3) is 0.458. The summed E-state index contributed by atoms with van der Waals surface area (Å²) >= 11 is 0. The predicted octanol–water partition coefficient (Wildman–Crippen LogP) is 3.37. The van der Waals surface area contributed by atoms with Gasteiger partial charge in [-0.1, -0.05) is 43.3 Å². The molecule has 2 aromatic carbocycles. The van der Waals surface area contributed by atoms with Crippen molar-refractivity contribution in [1.29, 1.82) is 0 Å². The van der Waals surface area contributed by atoms with Gasteiger partial charge in [0.25, 0.3) is 0 Å². The molecule has 0 aliphatic carbocycles. The highest BCUT2D eigenvalue weighted by atomic mass is 16.5. The lowest BCUT2D eigenvalue weighted by Crippen LogP contribution is -2.38. The van der Waals surface area contributed by atoms with Crippen molar-refractivity contribution in [2.24, 2.45) is 4.99 Å². The van der Waals surface area contributed by atoms with Gasteiger partial charge in [0, 0.05) is 26.1 Å². The summed E-state index contributed by atoms with van der Waals surface area (Å²) in [5.41, 5.74) is 5.24. The van der Waals surface area contributed by atoms with Crippen molar-refractivity contribution in [3.05, 3.63) is 64.7 Å². The summed E-state index contributed by atoms with van der Waals surface area (Å²) in [7, 11) is 2.14. The van der Waals surface area contributed by atoms with E-state index in [2.05, 4.69) is 78.9 Å². The lowest BCUT2D eigenvalue weighted by molar-refractivity contribution is 0.345. The highest BCUT2D eigenvalue weighted by molar-refractivity contribution is 5.79. The zero-order valence-corrected chi connectivity index (χ0v) is 18.0. The molecular formula is C24H34N4O. The molecule has 0 unspecified atom stereocenters. The van der Waals surface area contributed by atoms with Crippen LogP contribution < -0.4 is 15.4 Å². The third kappa shape index (κ3) is 6.50. The third-order valence-electron chi connectivity index (χ3n) is 5.21. The van der Waals surface area contributed by atoms with Crippen LogP contribution in [-0.4, -0.2) is 44.1 Å². The Morgan fingerprint density at radius 1 is 1.07 bits per heavy atom. The summed E-state index contributed by atoms with van der Waals surface area (Å²) in [5, 5.41) is 6.81. The number of nitrogens with zero attached hydrogens (tertiary/aromatic N) is 2. The van der Waals surface area contributed by atoms with E-state index in [1.54, 1.807) is 0 Å². The number of nitrogens with one attached hydrogen (secondary N) is 2. The fourth-order valence-electron chi connectivity index (χ4n) is 3.48. The van der Waals surface area contributed by atoms with Crippen molar-refractivity contribution in [3.8, 4) is 5.75 Å². The molecule has 156 valence electrons. The van der Waals surface area contributed by atoms with Crippen molar-refractivity contribution in [2.45, 2.75) is 39.8 Å². The van der Waals surface area contributed by atoms with Crippen molar-refractivity contribution in [1.82, 2.24) is 15.5 Å². The van der Waals surface area contributed by atoms with Gasteiger partial charge in [0.05, 0.1) is 13.2 Å². The minimum atomic E-state index is 0.676. The van der Waals surface area contributed by atoms with Crippen LogP contribution in [0.5, 0.6) is 5.75 Å². The largest absolute Gasteiger partial charge is 0.493 e.